The zero-order chi connectivity index (χ0) is 13.8. The van der Waals surface area contributed by atoms with Crippen molar-refractivity contribution in [3.05, 3.63) is 40.5 Å². The SMILES string of the molecule is COc1ccc(Nc2nccc(C)c2Br)c(OC)c1. The molecule has 100 valence electrons. The first-order valence-corrected chi connectivity index (χ1v) is 6.55. The van der Waals surface area contributed by atoms with E-state index in [0.717, 1.165) is 27.3 Å². The van der Waals surface area contributed by atoms with Gasteiger partial charge in [0, 0.05) is 12.3 Å². The Labute approximate surface area is 120 Å². The summed E-state index contributed by atoms with van der Waals surface area (Å²) in [5.74, 6) is 2.21. The van der Waals surface area contributed by atoms with Crippen LogP contribution in [0.5, 0.6) is 11.5 Å². The number of nitrogens with one attached hydrogen (secondary N) is 1. The fourth-order valence-corrected chi connectivity index (χ4v) is 1.99. The topological polar surface area (TPSA) is 43.4 Å². The molecular formula is C14H15BrN2O2. The molecule has 0 bridgehead atoms. The Morgan fingerprint density at radius 1 is 1.16 bits per heavy atom. The van der Waals surface area contributed by atoms with E-state index in [1.807, 2.05) is 31.2 Å². The maximum Gasteiger partial charge on any atom is 0.146 e. The van der Waals surface area contributed by atoms with Crippen molar-refractivity contribution in [2.75, 3.05) is 19.5 Å². The number of aryl methyl sites for hydroxylation is 1. The number of aromatic nitrogens is 1. The van der Waals surface area contributed by atoms with Gasteiger partial charge in [0.05, 0.1) is 24.4 Å². The van der Waals surface area contributed by atoms with Crippen LogP contribution in [0.3, 0.4) is 0 Å². The molecule has 19 heavy (non-hydrogen) atoms. The molecule has 0 atom stereocenters. The highest BCUT2D eigenvalue weighted by Crippen LogP contribution is 2.33. The minimum atomic E-state index is 0.703. The van der Waals surface area contributed by atoms with Crippen LogP contribution in [0.2, 0.25) is 0 Å². The lowest BCUT2D eigenvalue weighted by Crippen LogP contribution is -1.98. The second-order valence-corrected chi connectivity index (χ2v) is 4.77. The average Bonchev–Trinajstić information content (AvgIpc) is 2.44. The summed E-state index contributed by atoms with van der Waals surface area (Å²) < 4.78 is 11.5. The number of ether oxygens (including phenoxy) is 2. The number of halogens is 1. The van der Waals surface area contributed by atoms with Crippen LogP contribution in [0, 0.1) is 6.92 Å². The van der Waals surface area contributed by atoms with E-state index in [4.69, 9.17) is 9.47 Å². The molecule has 0 saturated carbocycles. The number of benzene rings is 1. The quantitative estimate of drug-likeness (QED) is 0.926. The number of hydrogen-bond acceptors (Lipinski definition) is 4. The number of rotatable bonds is 4. The third-order valence-electron chi connectivity index (χ3n) is 2.74. The van der Waals surface area contributed by atoms with Crippen molar-refractivity contribution in [3.8, 4) is 11.5 Å². The van der Waals surface area contributed by atoms with Gasteiger partial charge in [0.1, 0.15) is 17.3 Å². The molecule has 0 saturated heterocycles. The fourth-order valence-electron chi connectivity index (χ4n) is 1.66. The summed E-state index contributed by atoms with van der Waals surface area (Å²) in [5.41, 5.74) is 1.95. The lowest BCUT2D eigenvalue weighted by atomic mass is 10.2. The van der Waals surface area contributed by atoms with E-state index in [-0.39, 0.29) is 0 Å². The highest BCUT2D eigenvalue weighted by molar-refractivity contribution is 9.10. The highest BCUT2D eigenvalue weighted by Gasteiger charge is 2.09. The molecule has 4 nitrogen and oxygen atoms in total. The lowest BCUT2D eigenvalue weighted by Gasteiger charge is -2.13. The van der Waals surface area contributed by atoms with Gasteiger partial charge in [0.25, 0.3) is 0 Å². The van der Waals surface area contributed by atoms with Crippen LogP contribution in [0.4, 0.5) is 11.5 Å². The largest absolute Gasteiger partial charge is 0.497 e. The molecule has 1 aromatic heterocycles. The Balaban J connectivity index is 2.35. The van der Waals surface area contributed by atoms with E-state index in [1.54, 1.807) is 20.4 Å². The lowest BCUT2D eigenvalue weighted by molar-refractivity contribution is 0.395. The average molecular weight is 323 g/mol. The van der Waals surface area contributed by atoms with Crippen LogP contribution in [0.25, 0.3) is 0 Å². The highest BCUT2D eigenvalue weighted by atomic mass is 79.9. The predicted octanol–water partition coefficient (Wildman–Crippen LogP) is 3.91. The maximum absolute atomic E-state index is 5.34. The van der Waals surface area contributed by atoms with Gasteiger partial charge in [-0.15, -0.1) is 0 Å². The normalized spacial score (nSPS) is 10.1. The van der Waals surface area contributed by atoms with Crippen LogP contribution in [-0.4, -0.2) is 19.2 Å². The number of hydrogen-bond donors (Lipinski definition) is 1. The summed E-state index contributed by atoms with van der Waals surface area (Å²) in [6.07, 6.45) is 1.76. The van der Waals surface area contributed by atoms with Gasteiger partial charge in [0.15, 0.2) is 0 Å². The molecule has 1 N–H and O–H groups in total. The Bertz CT molecular complexity index is 588. The second-order valence-electron chi connectivity index (χ2n) is 3.98. The minimum Gasteiger partial charge on any atom is -0.497 e. The molecular weight excluding hydrogens is 308 g/mol. The van der Waals surface area contributed by atoms with Gasteiger partial charge in [-0.3, -0.25) is 0 Å². The summed E-state index contributed by atoms with van der Waals surface area (Å²) in [6, 6.07) is 7.54. The zero-order valence-corrected chi connectivity index (χ0v) is 12.6. The molecule has 0 unspecified atom stereocenters. The third kappa shape index (κ3) is 2.98. The van der Waals surface area contributed by atoms with Crippen molar-refractivity contribution in [2.45, 2.75) is 6.92 Å². The zero-order valence-electron chi connectivity index (χ0n) is 11.0. The number of anilines is 2. The van der Waals surface area contributed by atoms with Crippen molar-refractivity contribution in [3.63, 3.8) is 0 Å². The molecule has 2 aromatic rings. The second kappa shape index (κ2) is 5.93. The number of methoxy groups -OCH3 is 2. The molecule has 0 aliphatic carbocycles. The van der Waals surface area contributed by atoms with Gasteiger partial charge in [-0.05, 0) is 46.6 Å². The summed E-state index contributed by atoms with van der Waals surface area (Å²) in [4.78, 5) is 4.31. The van der Waals surface area contributed by atoms with Crippen molar-refractivity contribution >= 4 is 27.4 Å². The number of pyridine rings is 1. The van der Waals surface area contributed by atoms with Crippen molar-refractivity contribution in [1.82, 2.24) is 4.98 Å². The minimum absolute atomic E-state index is 0.703. The van der Waals surface area contributed by atoms with E-state index in [2.05, 4.69) is 26.2 Å². The van der Waals surface area contributed by atoms with E-state index >= 15 is 0 Å². The summed E-state index contributed by atoms with van der Waals surface area (Å²) in [7, 11) is 3.25. The van der Waals surface area contributed by atoms with Crippen LogP contribution in [0.15, 0.2) is 34.9 Å². The molecule has 0 fully saturated rings. The van der Waals surface area contributed by atoms with Gasteiger partial charge in [-0.2, -0.15) is 0 Å². The van der Waals surface area contributed by atoms with Crippen LogP contribution < -0.4 is 14.8 Å². The Kier molecular flexibility index (Phi) is 4.27. The monoisotopic (exact) mass is 322 g/mol. The number of nitrogens with zero attached hydrogens (tertiary/aromatic N) is 1. The molecule has 1 heterocycles. The maximum atomic E-state index is 5.34. The summed E-state index contributed by atoms with van der Waals surface area (Å²) in [5, 5.41) is 3.25. The van der Waals surface area contributed by atoms with Crippen molar-refractivity contribution in [2.24, 2.45) is 0 Å². The van der Waals surface area contributed by atoms with Gasteiger partial charge in [-0.1, -0.05) is 0 Å². The Morgan fingerprint density at radius 3 is 2.63 bits per heavy atom. The van der Waals surface area contributed by atoms with Crippen LogP contribution >= 0.6 is 15.9 Å². The third-order valence-corrected chi connectivity index (χ3v) is 3.75. The summed E-state index contributed by atoms with van der Waals surface area (Å²) in [6.45, 7) is 2.02. The first-order valence-electron chi connectivity index (χ1n) is 5.76. The smallest absolute Gasteiger partial charge is 0.146 e. The van der Waals surface area contributed by atoms with Gasteiger partial charge < -0.3 is 14.8 Å². The van der Waals surface area contributed by atoms with Crippen molar-refractivity contribution in [1.29, 1.82) is 0 Å². The molecule has 0 spiro atoms. The van der Waals surface area contributed by atoms with Gasteiger partial charge >= 0.3 is 0 Å². The Morgan fingerprint density at radius 2 is 1.95 bits per heavy atom. The fraction of sp³-hybridized carbons (Fsp3) is 0.214. The van der Waals surface area contributed by atoms with E-state index < -0.39 is 0 Å². The molecule has 2 rings (SSSR count). The van der Waals surface area contributed by atoms with Crippen LogP contribution in [-0.2, 0) is 0 Å². The van der Waals surface area contributed by atoms with E-state index in [0.29, 0.717) is 5.75 Å². The standard InChI is InChI=1S/C14H15BrN2O2/c1-9-6-7-16-14(13(9)15)17-11-5-4-10(18-2)8-12(11)19-3/h4-8H,1-3H3,(H,16,17). The predicted molar refractivity (Wildman–Crippen MR) is 79.5 cm³/mol. The van der Waals surface area contributed by atoms with Gasteiger partial charge in [0.2, 0.25) is 0 Å². The van der Waals surface area contributed by atoms with E-state index in [1.165, 1.54) is 0 Å². The molecule has 0 amide bonds. The Hall–Kier alpha value is -1.75. The molecule has 0 radical (unpaired) electrons. The first-order chi connectivity index (χ1) is 9.15. The van der Waals surface area contributed by atoms with Gasteiger partial charge in [-0.25, -0.2) is 4.98 Å². The van der Waals surface area contributed by atoms with Crippen molar-refractivity contribution < 1.29 is 9.47 Å². The molecule has 5 heteroatoms. The molecule has 0 aliphatic heterocycles. The van der Waals surface area contributed by atoms with E-state index in [9.17, 15) is 0 Å². The van der Waals surface area contributed by atoms with Crippen LogP contribution in [0.1, 0.15) is 5.56 Å². The molecule has 0 aliphatic rings. The summed E-state index contributed by atoms with van der Waals surface area (Å²) >= 11 is 3.52. The molecule has 1 aromatic carbocycles. The first kappa shape index (κ1) is 13.7.